The van der Waals surface area contributed by atoms with Gasteiger partial charge in [0, 0.05) is 33.4 Å². The van der Waals surface area contributed by atoms with Crippen molar-refractivity contribution in [3.05, 3.63) is 35.4 Å². The van der Waals surface area contributed by atoms with Crippen LogP contribution in [0.3, 0.4) is 0 Å². The van der Waals surface area contributed by atoms with Crippen LogP contribution in [0.4, 0.5) is 0 Å². The van der Waals surface area contributed by atoms with Crippen molar-refractivity contribution in [3.8, 4) is 0 Å². The first-order chi connectivity index (χ1) is 7.79. The van der Waals surface area contributed by atoms with E-state index in [0.29, 0.717) is 5.92 Å². The first kappa shape index (κ1) is 11.6. The van der Waals surface area contributed by atoms with Crippen molar-refractivity contribution in [2.75, 3.05) is 26.8 Å². The largest absolute Gasteiger partial charge is 0.384 e. The molecule has 0 saturated carbocycles. The summed E-state index contributed by atoms with van der Waals surface area (Å²) in [6.07, 6.45) is 1.19. The molecule has 1 aromatic carbocycles. The van der Waals surface area contributed by atoms with Crippen molar-refractivity contribution in [3.63, 3.8) is 0 Å². The Morgan fingerprint density at radius 1 is 1.31 bits per heavy atom. The van der Waals surface area contributed by atoms with Gasteiger partial charge in [0.05, 0.1) is 0 Å². The van der Waals surface area contributed by atoms with Crippen LogP contribution < -0.4 is 0 Å². The number of rotatable bonds is 4. The second-order valence-corrected chi connectivity index (χ2v) is 4.81. The Hall–Kier alpha value is -0.860. The van der Waals surface area contributed by atoms with Gasteiger partial charge < -0.3 is 4.74 Å². The molecule has 0 saturated heterocycles. The molecule has 1 aliphatic rings. The molecule has 0 N–H and O–H groups in total. The Morgan fingerprint density at radius 3 is 2.81 bits per heavy atom. The van der Waals surface area contributed by atoms with E-state index >= 15 is 0 Å². The highest BCUT2D eigenvalue weighted by Gasteiger charge is 2.17. The van der Waals surface area contributed by atoms with Crippen molar-refractivity contribution in [2.45, 2.75) is 19.9 Å². The summed E-state index contributed by atoms with van der Waals surface area (Å²) in [5.41, 5.74) is 3.02. The lowest BCUT2D eigenvalue weighted by Crippen LogP contribution is -2.34. The summed E-state index contributed by atoms with van der Waals surface area (Å²) >= 11 is 0. The summed E-state index contributed by atoms with van der Waals surface area (Å²) in [5, 5.41) is 0. The molecule has 2 heteroatoms. The van der Waals surface area contributed by atoms with Gasteiger partial charge in [-0.15, -0.1) is 0 Å². The van der Waals surface area contributed by atoms with E-state index in [1.807, 2.05) is 0 Å². The number of hydrogen-bond acceptors (Lipinski definition) is 2. The van der Waals surface area contributed by atoms with Crippen LogP contribution in [0.5, 0.6) is 0 Å². The number of nitrogens with zero attached hydrogens (tertiary/aromatic N) is 1. The molecule has 0 amide bonds. The maximum atomic E-state index is 5.19. The second kappa shape index (κ2) is 5.46. The van der Waals surface area contributed by atoms with E-state index in [2.05, 4.69) is 36.1 Å². The van der Waals surface area contributed by atoms with Gasteiger partial charge in [-0.3, -0.25) is 4.90 Å². The second-order valence-electron chi connectivity index (χ2n) is 4.81. The van der Waals surface area contributed by atoms with Crippen LogP contribution in [0.25, 0.3) is 0 Å². The smallest absolute Gasteiger partial charge is 0.0500 e. The maximum Gasteiger partial charge on any atom is 0.0500 e. The Labute approximate surface area is 98.2 Å². The topological polar surface area (TPSA) is 12.5 Å². The highest BCUT2D eigenvalue weighted by molar-refractivity contribution is 5.28. The van der Waals surface area contributed by atoms with Crippen LogP contribution in [0.2, 0.25) is 0 Å². The van der Waals surface area contributed by atoms with Crippen LogP contribution in [-0.4, -0.2) is 31.7 Å². The molecule has 0 radical (unpaired) electrons. The van der Waals surface area contributed by atoms with E-state index in [-0.39, 0.29) is 0 Å². The van der Waals surface area contributed by atoms with Crippen molar-refractivity contribution >= 4 is 0 Å². The number of fused-ring (bicyclic) bond motifs is 1. The fourth-order valence-electron chi connectivity index (χ4n) is 2.49. The third kappa shape index (κ3) is 2.83. The monoisotopic (exact) mass is 219 g/mol. The van der Waals surface area contributed by atoms with Crippen molar-refractivity contribution in [1.82, 2.24) is 4.90 Å². The molecular formula is C14H21NO. The molecule has 2 nitrogen and oxygen atoms in total. The SMILES string of the molecule is COCC(C)CN1CCc2ccccc2C1. The van der Waals surface area contributed by atoms with Gasteiger partial charge in [-0.05, 0) is 23.5 Å². The molecule has 1 unspecified atom stereocenters. The van der Waals surface area contributed by atoms with Crippen LogP contribution in [0, 0.1) is 5.92 Å². The van der Waals surface area contributed by atoms with Crippen LogP contribution in [-0.2, 0) is 17.7 Å². The summed E-state index contributed by atoms with van der Waals surface area (Å²) in [5.74, 6) is 0.621. The molecule has 0 spiro atoms. The molecule has 16 heavy (non-hydrogen) atoms. The maximum absolute atomic E-state index is 5.19. The van der Waals surface area contributed by atoms with Gasteiger partial charge >= 0.3 is 0 Å². The lowest BCUT2D eigenvalue weighted by molar-refractivity contribution is 0.124. The van der Waals surface area contributed by atoms with Crippen LogP contribution in [0.15, 0.2) is 24.3 Å². The molecule has 0 aliphatic carbocycles. The minimum Gasteiger partial charge on any atom is -0.384 e. The van der Waals surface area contributed by atoms with Gasteiger partial charge in [0.25, 0.3) is 0 Å². The van der Waals surface area contributed by atoms with E-state index in [9.17, 15) is 0 Å². The lowest BCUT2D eigenvalue weighted by Gasteiger charge is -2.30. The molecule has 0 aromatic heterocycles. The highest BCUT2D eigenvalue weighted by atomic mass is 16.5. The zero-order valence-corrected chi connectivity index (χ0v) is 10.3. The Kier molecular flexibility index (Phi) is 3.97. The first-order valence-corrected chi connectivity index (χ1v) is 6.07. The van der Waals surface area contributed by atoms with Gasteiger partial charge in [0.1, 0.15) is 0 Å². The van der Waals surface area contributed by atoms with E-state index in [1.54, 1.807) is 7.11 Å². The van der Waals surface area contributed by atoms with Gasteiger partial charge in [-0.25, -0.2) is 0 Å². The average Bonchev–Trinajstić information content (AvgIpc) is 2.29. The van der Waals surface area contributed by atoms with E-state index in [1.165, 1.54) is 24.1 Å². The normalized spacial score (nSPS) is 18.1. The standard InChI is InChI=1S/C14H21NO/c1-12(11-16-2)9-15-8-7-13-5-3-4-6-14(13)10-15/h3-6,12H,7-11H2,1-2H3. The average molecular weight is 219 g/mol. The number of methoxy groups -OCH3 is 1. The molecule has 88 valence electrons. The molecule has 0 bridgehead atoms. The minimum absolute atomic E-state index is 0.621. The predicted molar refractivity (Wildman–Crippen MR) is 66.5 cm³/mol. The number of ether oxygens (including phenoxy) is 1. The fourth-order valence-corrected chi connectivity index (χ4v) is 2.49. The summed E-state index contributed by atoms with van der Waals surface area (Å²) in [6, 6.07) is 8.79. The molecular weight excluding hydrogens is 198 g/mol. The van der Waals surface area contributed by atoms with Crippen molar-refractivity contribution in [1.29, 1.82) is 0 Å². The Balaban J connectivity index is 1.92. The van der Waals surface area contributed by atoms with Gasteiger partial charge in [-0.1, -0.05) is 31.2 Å². The molecule has 1 aromatic rings. The van der Waals surface area contributed by atoms with Gasteiger partial charge in [-0.2, -0.15) is 0 Å². The predicted octanol–water partition coefficient (Wildman–Crippen LogP) is 2.33. The number of benzene rings is 1. The van der Waals surface area contributed by atoms with E-state index < -0.39 is 0 Å². The molecule has 1 atom stereocenters. The zero-order chi connectivity index (χ0) is 11.4. The van der Waals surface area contributed by atoms with E-state index in [4.69, 9.17) is 4.74 Å². The molecule has 1 aliphatic heterocycles. The fraction of sp³-hybridized carbons (Fsp3) is 0.571. The Bertz CT molecular complexity index is 337. The zero-order valence-electron chi connectivity index (χ0n) is 10.3. The van der Waals surface area contributed by atoms with Crippen LogP contribution >= 0.6 is 0 Å². The first-order valence-electron chi connectivity index (χ1n) is 6.07. The quantitative estimate of drug-likeness (QED) is 0.770. The van der Waals surface area contributed by atoms with Gasteiger partial charge in [0.2, 0.25) is 0 Å². The Morgan fingerprint density at radius 2 is 2.06 bits per heavy atom. The third-order valence-electron chi connectivity index (χ3n) is 3.23. The molecule has 0 fully saturated rings. The highest BCUT2D eigenvalue weighted by Crippen LogP contribution is 2.19. The van der Waals surface area contributed by atoms with Gasteiger partial charge in [0.15, 0.2) is 0 Å². The summed E-state index contributed by atoms with van der Waals surface area (Å²) in [6.45, 7) is 6.54. The molecule has 1 heterocycles. The van der Waals surface area contributed by atoms with E-state index in [0.717, 1.165) is 19.7 Å². The number of hydrogen-bond donors (Lipinski definition) is 0. The van der Waals surface area contributed by atoms with Crippen LogP contribution in [0.1, 0.15) is 18.1 Å². The van der Waals surface area contributed by atoms with Crippen molar-refractivity contribution < 1.29 is 4.74 Å². The van der Waals surface area contributed by atoms with Crippen molar-refractivity contribution in [2.24, 2.45) is 5.92 Å². The summed E-state index contributed by atoms with van der Waals surface area (Å²) in [4.78, 5) is 2.53. The third-order valence-corrected chi connectivity index (χ3v) is 3.23. The summed E-state index contributed by atoms with van der Waals surface area (Å²) in [7, 11) is 1.78. The molecule has 2 rings (SSSR count). The minimum atomic E-state index is 0.621. The summed E-state index contributed by atoms with van der Waals surface area (Å²) < 4.78 is 5.19. The lowest BCUT2D eigenvalue weighted by atomic mass is 9.99.